The van der Waals surface area contributed by atoms with E-state index < -0.39 is 37.8 Å². The molecule has 440 valence electrons. The third-order valence-corrected chi connectivity index (χ3v) is 16.1. The number of unbranched alkanes of at least 4 members (excludes halogenated alkanes) is 2. The van der Waals surface area contributed by atoms with E-state index in [2.05, 4.69) is 21.3 Å². The first-order chi connectivity index (χ1) is 39.7. The van der Waals surface area contributed by atoms with Gasteiger partial charge in [0.1, 0.15) is 30.2 Å². The van der Waals surface area contributed by atoms with Crippen molar-refractivity contribution in [1.82, 2.24) is 20.9 Å². The number of amides is 9. The van der Waals surface area contributed by atoms with Gasteiger partial charge in [0.05, 0.1) is 11.4 Å². The van der Waals surface area contributed by atoms with Gasteiger partial charge in [0.2, 0.25) is 29.5 Å². The molecule has 0 saturated heterocycles. The molecule has 0 spiro atoms. The Hall–Kier alpha value is -7.55. The van der Waals surface area contributed by atoms with Crippen LogP contribution in [0.5, 0.6) is 11.5 Å². The van der Waals surface area contributed by atoms with Gasteiger partial charge >= 0.3 is 13.9 Å². The number of primary amides is 1. The number of carbonyl (C=O) groups is 8. The molecule has 3 heterocycles. The number of imide groups is 1. The molecule has 5 aromatic carbocycles. The number of nitrogens with one attached hydrogen (secondary N) is 4. The molecule has 3 aliphatic rings. The number of phosphoric acid groups is 1. The first kappa shape index (κ1) is 61.5. The molecule has 5 aromatic rings. The molecule has 0 radical (unpaired) electrons. The number of anilines is 3. The summed E-state index contributed by atoms with van der Waals surface area (Å²) in [6, 6.07) is 22.1. The van der Waals surface area contributed by atoms with Gasteiger partial charge in [0.25, 0.3) is 11.8 Å². The second-order valence-electron chi connectivity index (χ2n) is 21.1. The molecule has 4 atom stereocenters. The molecule has 24 heteroatoms. The Morgan fingerprint density at radius 1 is 0.699 bits per heavy atom. The zero-order valence-electron chi connectivity index (χ0n) is 45.9. The molecular weight excluding hydrogens is 1130 g/mol. The zero-order valence-corrected chi connectivity index (χ0v) is 48.4. The highest BCUT2D eigenvalue weighted by molar-refractivity contribution is 7.46. The van der Waals surface area contributed by atoms with Gasteiger partial charge in [-0.25, -0.2) is 9.36 Å². The Morgan fingerprint density at radius 2 is 1.25 bits per heavy atom. The Balaban J connectivity index is 0.889. The number of fused-ring (bicyclic) bond motifs is 6. The Bertz CT molecular complexity index is 3360. The maximum atomic E-state index is 14.2. The molecule has 83 heavy (non-hydrogen) atoms. The molecule has 0 saturated carbocycles. The number of rotatable bonds is 27. The minimum Gasteiger partial charge on any atom is -0.488 e. The molecular formula is C59H67Cl2N8O13P. The standard InChI is InChI=1S/C59H67Cl2N8O13P/c1-35(2)56(66-49(70)17-4-3-9-27-67-52(73)24-25-53(67)74)58(76)65-44(16-11-26-63-59(62)77)57(75)64-39-22-20-36(21-23-39)34-81-47-28-45-54(42-14-7-5-12-40(42)47)37(30-60)32-68(45)50(71)18-10-19-51(72)69-33-38(31-61)55-43-15-8-6-13-41(43)48(29-46(55)69)82-83(78,79)80/h5-8,12-15,20-25,28-29,35,37-38,44,56H,3-4,9-11,16-19,26-27,30-34H2,1-2H3,(H,64,75)(H,65,76)(H,66,70)(H3,62,63,77)(H2,78,79,80)/t37-,38-,44?,56?/m1/s1. The number of phosphoric ester groups is 1. The molecule has 0 aliphatic carbocycles. The molecule has 0 aromatic heterocycles. The van der Waals surface area contributed by atoms with Crippen LogP contribution >= 0.6 is 31.0 Å². The number of nitrogens with zero attached hydrogens (tertiary/aromatic N) is 3. The quantitative estimate of drug-likeness (QED) is 0.0115. The monoisotopic (exact) mass is 1200 g/mol. The van der Waals surface area contributed by atoms with Gasteiger partial charge < -0.3 is 46.1 Å². The third-order valence-electron chi connectivity index (χ3n) is 14.9. The van der Waals surface area contributed by atoms with E-state index in [9.17, 15) is 52.7 Å². The normalized spacial score (nSPS) is 16.3. The van der Waals surface area contributed by atoms with E-state index in [0.29, 0.717) is 59.4 Å². The lowest BCUT2D eigenvalue weighted by molar-refractivity contribution is -0.137. The van der Waals surface area contributed by atoms with Crippen LogP contribution in [0, 0.1) is 5.92 Å². The van der Waals surface area contributed by atoms with Crippen LogP contribution in [0.3, 0.4) is 0 Å². The summed E-state index contributed by atoms with van der Waals surface area (Å²) in [4.78, 5) is 128. The Morgan fingerprint density at radius 3 is 1.80 bits per heavy atom. The van der Waals surface area contributed by atoms with Gasteiger partial charge in [-0.15, -0.1) is 23.2 Å². The molecule has 0 bridgehead atoms. The van der Waals surface area contributed by atoms with Gasteiger partial charge in [0, 0.05) is 110 Å². The van der Waals surface area contributed by atoms with Crippen molar-refractivity contribution in [3.05, 3.63) is 114 Å². The van der Waals surface area contributed by atoms with E-state index in [0.717, 1.165) is 32.4 Å². The highest BCUT2D eigenvalue weighted by Gasteiger charge is 2.38. The van der Waals surface area contributed by atoms with Gasteiger partial charge in [0.15, 0.2) is 0 Å². The summed E-state index contributed by atoms with van der Waals surface area (Å²) in [6.07, 6.45) is 4.74. The van der Waals surface area contributed by atoms with Crippen LogP contribution in [0.2, 0.25) is 0 Å². The topological polar surface area (TPSA) is 296 Å². The summed E-state index contributed by atoms with van der Waals surface area (Å²) in [5.41, 5.74) is 9.19. The highest BCUT2D eigenvalue weighted by Crippen LogP contribution is 2.50. The number of hydrogen-bond acceptors (Lipinski definition) is 11. The van der Waals surface area contributed by atoms with Crippen molar-refractivity contribution < 1.29 is 62.0 Å². The van der Waals surface area contributed by atoms with Gasteiger partial charge in [-0.05, 0) is 77.6 Å². The zero-order chi connectivity index (χ0) is 59.5. The van der Waals surface area contributed by atoms with E-state index in [4.69, 9.17) is 38.2 Å². The summed E-state index contributed by atoms with van der Waals surface area (Å²) in [5, 5.41) is 13.7. The number of ether oxygens (including phenoxy) is 1. The molecule has 9 amide bonds. The van der Waals surface area contributed by atoms with Crippen LogP contribution in [0.15, 0.2) is 97.1 Å². The summed E-state index contributed by atoms with van der Waals surface area (Å²) in [6.45, 7) is 4.58. The summed E-state index contributed by atoms with van der Waals surface area (Å²) in [5.74, 6) is -2.61. The summed E-state index contributed by atoms with van der Waals surface area (Å²) in [7, 11) is -4.95. The predicted octanol–water partition coefficient (Wildman–Crippen LogP) is 7.75. The maximum Gasteiger partial charge on any atom is 0.524 e. The third kappa shape index (κ3) is 15.2. The van der Waals surface area contributed by atoms with Crippen LogP contribution in [0.1, 0.15) is 100 Å². The Labute approximate surface area is 489 Å². The fourth-order valence-electron chi connectivity index (χ4n) is 10.8. The average molecular weight is 1200 g/mol. The molecule has 8 N–H and O–H groups in total. The minimum absolute atomic E-state index is 0.00225. The fourth-order valence-corrected chi connectivity index (χ4v) is 11.7. The van der Waals surface area contributed by atoms with E-state index in [1.807, 2.05) is 30.3 Å². The number of halogens is 2. The lowest BCUT2D eigenvalue weighted by atomic mass is 9.95. The van der Waals surface area contributed by atoms with Gasteiger partial charge in [-0.1, -0.05) is 80.9 Å². The molecule has 21 nitrogen and oxygen atoms in total. The SMILES string of the molecule is CC(C)C(NC(=O)CCCCCN1C(=O)C=CC1=O)C(=O)NC(CCCNC(N)=O)C(=O)Nc1ccc(COc2cc3c(c4ccccc24)[C@H](CCl)CN3C(=O)CCCC(=O)N2C[C@@H](CCl)c3c2cc(OP(=O)(O)O)c2ccccc32)cc1. The van der Waals surface area contributed by atoms with Crippen molar-refractivity contribution in [3.8, 4) is 11.5 Å². The maximum absolute atomic E-state index is 14.2. The Kier molecular flexibility index (Phi) is 20.5. The first-order valence-electron chi connectivity index (χ1n) is 27.5. The van der Waals surface area contributed by atoms with E-state index in [-0.39, 0.29) is 130 Å². The fraction of sp³-hybridized carbons (Fsp3) is 0.390. The lowest BCUT2D eigenvalue weighted by Gasteiger charge is -2.25. The van der Waals surface area contributed by atoms with Crippen LogP contribution in [0.4, 0.5) is 21.9 Å². The highest BCUT2D eigenvalue weighted by atomic mass is 35.5. The number of urea groups is 1. The van der Waals surface area contributed by atoms with E-state index >= 15 is 0 Å². The van der Waals surface area contributed by atoms with Crippen molar-refractivity contribution in [2.45, 2.75) is 102 Å². The molecule has 3 aliphatic heterocycles. The van der Waals surface area contributed by atoms with Crippen LogP contribution < -0.4 is 46.1 Å². The summed E-state index contributed by atoms with van der Waals surface area (Å²) < 4.78 is 23.5. The van der Waals surface area contributed by atoms with E-state index in [1.54, 1.807) is 72.2 Å². The number of hydrogen-bond donors (Lipinski definition) is 7. The van der Waals surface area contributed by atoms with Crippen LogP contribution in [-0.2, 0) is 44.7 Å². The molecule has 8 rings (SSSR count). The minimum atomic E-state index is -4.95. The largest absolute Gasteiger partial charge is 0.524 e. The van der Waals surface area contributed by atoms with Gasteiger partial charge in [-0.3, -0.25) is 48.2 Å². The molecule has 0 fully saturated rings. The predicted molar refractivity (Wildman–Crippen MR) is 315 cm³/mol. The smallest absolute Gasteiger partial charge is 0.488 e. The second-order valence-corrected chi connectivity index (χ2v) is 22.9. The van der Waals surface area contributed by atoms with Crippen molar-refractivity contribution in [2.75, 3.05) is 53.1 Å². The van der Waals surface area contributed by atoms with E-state index in [1.165, 1.54) is 18.2 Å². The lowest BCUT2D eigenvalue weighted by Crippen LogP contribution is -2.54. The number of nitrogens with two attached hydrogens (primary N) is 1. The van der Waals surface area contributed by atoms with Crippen molar-refractivity contribution in [2.24, 2.45) is 11.7 Å². The average Bonchev–Trinajstić information content (AvgIpc) is 3.65. The van der Waals surface area contributed by atoms with Crippen molar-refractivity contribution >= 4 is 117 Å². The number of carbonyl (C=O) groups excluding carboxylic acids is 8. The number of benzene rings is 5. The second kappa shape index (κ2) is 27.7. The van der Waals surface area contributed by atoms with Gasteiger partial charge in [-0.2, -0.15) is 0 Å². The molecule has 2 unspecified atom stereocenters. The first-order valence-corrected chi connectivity index (χ1v) is 30.1. The van der Waals surface area contributed by atoms with Crippen molar-refractivity contribution in [1.29, 1.82) is 0 Å². The van der Waals surface area contributed by atoms with Crippen molar-refractivity contribution in [3.63, 3.8) is 0 Å². The van der Waals surface area contributed by atoms with Crippen LogP contribution in [0.25, 0.3) is 21.5 Å². The van der Waals surface area contributed by atoms with Crippen LogP contribution in [-0.4, -0.2) is 112 Å². The summed E-state index contributed by atoms with van der Waals surface area (Å²) >= 11 is 13.0. The number of alkyl halides is 2.